The predicted octanol–water partition coefficient (Wildman–Crippen LogP) is 3.82. The Morgan fingerprint density at radius 3 is 2.27 bits per heavy atom. The molecule has 0 unspecified atom stereocenters. The van der Waals surface area contributed by atoms with Gasteiger partial charge in [0.25, 0.3) is 10.0 Å². The van der Waals surface area contributed by atoms with Crippen molar-refractivity contribution in [3.8, 4) is 5.82 Å². The van der Waals surface area contributed by atoms with Crippen molar-refractivity contribution in [1.29, 1.82) is 0 Å². The molecule has 0 spiro atoms. The van der Waals surface area contributed by atoms with Crippen LogP contribution in [0.2, 0.25) is 0 Å². The van der Waals surface area contributed by atoms with Gasteiger partial charge >= 0.3 is 0 Å². The lowest BCUT2D eigenvalue weighted by atomic mass is 10.1. The van der Waals surface area contributed by atoms with Crippen LogP contribution in [0.3, 0.4) is 0 Å². The summed E-state index contributed by atoms with van der Waals surface area (Å²) in [7, 11) is -3.65. The van der Waals surface area contributed by atoms with Crippen molar-refractivity contribution in [2.45, 2.75) is 18.7 Å². The van der Waals surface area contributed by atoms with Crippen LogP contribution in [0.5, 0.6) is 0 Å². The van der Waals surface area contributed by atoms with Crippen molar-refractivity contribution < 1.29 is 8.42 Å². The molecule has 0 aliphatic carbocycles. The van der Waals surface area contributed by atoms with Crippen molar-refractivity contribution >= 4 is 27.2 Å². The molecule has 8 nitrogen and oxygen atoms in total. The molecule has 0 amide bonds. The Kier molecular flexibility index (Phi) is 5.20. The summed E-state index contributed by atoms with van der Waals surface area (Å²) in [4.78, 5) is 0.236. The lowest BCUT2D eigenvalue weighted by Gasteiger charge is -2.11. The van der Waals surface area contributed by atoms with E-state index in [0.717, 1.165) is 16.8 Å². The Hall–Kier alpha value is -3.72. The molecule has 0 radical (unpaired) electrons. The van der Waals surface area contributed by atoms with E-state index in [1.54, 1.807) is 71.7 Å². The van der Waals surface area contributed by atoms with Gasteiger partial charge in [-0.25, -0.2) is 13.1 Å². The highest BCUT2D eigenvalue weighted by Crippen LogP contribution is 2.21. The van der Waals surface area contributed by atoms with E-state index in [1.165, 1.54) is 0 Å². The number of hydrogen-bond acceptors (Lipinski definition) is 6. The van der Waals surface area contributed by atoms with Gasteiger partial charge in [0.05, 0.1) is 4.90 Å². The topological polar surface area (TPSA) is 102 Å². The largest absolute Gasteiger partial charge is 0.339 e. The van der Waals surface area contributed by atoms with Crippen LogP contribution < -0.4 is 10.0 Å². The van der Waals surface area contributed by atoms with Crippen molar-refractivity contribution in [3.63, 3.8) is 0 Å². The first-order chi connectivity index (χ1) is 14.4. The quantitative estimate of drug-likeness (QED) is 0.492. The average molecular weight is 420 g/mol. The van der Waals surface area contributed by atoms with Gasteiger partial charge in [0.2, 0.25) is 0 Å². The molecule has 0 aliphatic heterocycles. The monoisotopic (exact) mass is 420 g/mol. The summed E-state index contributed by atoms with van der Waals surface area (Å²) in [6, 6.07) is 17.4. The number of rotatable bonds is 6. The third kappa shape index (κ3) is 4.31. The van der Waals surface area contributed by atoms with Crippen molar-refractivity contribution in [3.05, 3.63) is 84.2 Å². The first-order valence-corrected chi connectivity index (χ1v) is 10.7. The maximum atomic E-state index is 12.6. The summed E-state index contributed by atoms with van der Waals surface area (Å²) in [6.07, 6.45) is 3.46. The predicted molar refractivity (Wildman–Crippen MR) is 116 cm³/mol. The molecule has 152 valence electrons. The van der Waals surface area contributed by atoms with Gasteiger partial charge in [0.15, 0.2) is 11.6 Å². The van der Waals surface area contributed by atoms with E-state index in [9.17, 15) is 8.42 Å². The molecule has 0 fully saturated rings. The van der Waals surface area contributed by atoms with Gasteiger partial charge in [0.1, 0.15) is 0 Å². The number of hydrogen-bond donors (Lipinski definition) is 2. The number of aromatic nitrogens is 4. The molecule has 4 rings (SSSR count). The fraction of sp³-hybridized carbons (Fsp3) is 0.0952. The van der Waals surface area contributed by atoms with Crippen LogP contribution in [0.25, 0.3) is 5.82 Å². The molecule has 2 N–H and O–H groups in total. The lowest BCUT2D eigenvalue weighted by Crippen LogP contribution is -2.13. The molecule has 2 heterocycles. The summed E-state index contributed by atoms with van der Waals surface area (Å²) in [6.45, 7) is 3.83. The van der Waals surface area contributed by atoms with Gasteiger partial charge in [0, 0.05) is 23.8 Å². The number of aryl methyl sites for hydroxylation is 2. The molecule has 0 atom stereocenters. The van der Waals surface area contributed by atoms with Crippen LogP contribution in [0.15, 0.2) is 78.0 Å². The van der Waals surface area contributed by atoms with Crippen molar-refractivity contribution in [2.24, 2.45) is 0 Å². The van der Waals surface area contributed by atoms with Crippen molar-refractivity contribution in [2.75, 3.05) is 10.0 Å². The van der Waals surface area contributed by atoms with Gasteiger partial charge < -0.3 is 5.32 Å². The van der Waals surface area contributed by atoms with Crippen LogP contribution in [0.1, 0.15) is 11.1 Å². The lowest BCUT2D eigenvalue weighted by molar-refractivity contribution is 0.601. The number of nitrogens with one attached hydrogen (secondary N) is 2. The second kappa shape index (κ2) is 7.96. The van der Waals surface area contributed by atoms with E-state index in [0.29, 0.717) is 17.3 Å². The maximum Gasteiger partial charge on any atom is 0.261 e. The van der Waals surface area contributed by atoms with Gasteiger partial charge in [-0.3, -0.25) is 4.72 Å². The number of nitrogens with zero attached hydrogens (tertiary/aromatic N) is 4. The summed E-state index contributed by atoms with van der Waals surface area (Å²) < 4.78 is 29.5. The zero-order valence-electron chi connectivity index (χ0n) is 16.4. The van der Waals surface area contributed by atoms with Crippen LogP contribution in [-0.2, 0) is 10.0 Å². The van der Waals surface area contributed by atoms with E-state index in [4.69, 9.17) is 0 Å². The smallest absolute Gasteiger partial charge is 0.261 e. The van der Waals surface area contributed by atoms with E-state index in [-0.39, 0.29) is 4.90 Å². The fourth-order valence-corrected chi connectivity index (χ4v) is 3.93. The fourth-order valence-electron chi connectivity index (χ4n) is 2.78. The number of benzene rings is 2. The van der Waals surface area contributed by atoms with E-state index in [1.807, 2.05) is 19.9 Å². The molecule has 30 heavy (non-hydrogen) atoms. The van der Waals surface area contributed by atoms with Crippen LogP contribution in [0, 0.1) is 13.8 Å². The number of sulfonamides is 1. The van der Waals surface area contributed by atoms with Gasteiger partial charge in [-0.05, 0) is 79.6 Å². The highest BCUT2D eigenvalue weighted by molar-refractivity contribution is 7.92. The summed E-state index contributed by atoms with van der Waals surface area (Å²) in [5.74, 6) is 1.18. The highest BCUT2D eigenvalue weighted by atomic mass is 32.2. The van der Waals surface area contributed by atoms with Crippen LogP contribution in [0.4, 0.5) is 17.2 Å². The SMILES string of the molecule is Cc1ccc(S(=O)(=O)Nc2ccc(Nc3ccc(-n4cccn4)nn3)cc2)cc1C. The minimum absolute atomic E-state index is 0.236. The normalized spacial score (nSPS) is 11.3. The summed E-state index contributed by atoms with van der Waals surface area (Å²) in [5.41, 5.74) is 3.20. The molecule has 9 heteroatoms. The third-order valence-electron chi connectivity index (χ3n) is 4.59. The molecule has 0 saturated carbocycles. The Morgan fingerprint density at radius 1 is 0.867 bits per heavy atom. The van der Waals surface area contributed by atoms with Crippen LogP contribution in [-0.4, -0.2) is 28.4 Å². The minimum atomic E-state index is -3.65. The Bertz CT molecular complexity index is 1250. The minimum Gasteiger partial charge on any atom is -0.339 e. The first-order valence-electron chi connectivity index (χ1n) is 9.22. The molecular formula is C21H20N6O2S. The molecule has 2 aromatic heterocycles. The standard InChI is InChI=1S/C21H20N6O2S/c1-15-4-9-19(14-16(15)2)30(28,29)26-18-7-5-17(6-8-18)23-20-10-11-21(25-24-20)27-13-3-12-22-27/h3-14,26H,1-2H3,(H,23,24). The van der Waals surface area contributed by atoms with E-state index >= 15 is 0 Å². The van der Waals surface area contributed by atoms with Gasteiger partial charge in [-0.2, -0.15) is 5.10 Å². The molecule has 4 aromatic rings. The Labute approximate surface area is 174 Å². The second-order valence-corrected chi connectivity index (χ2v) is 8.46. The van der Waals surface area contributed by atoms with E-state index in [2.05, 4.69) is 25.3 Å². The summed E-state index contributed by atoms with van der Waals surface area (Å²) in [5, 5.41) is 15.5. The second-order valence-electron chi connectivity index (χ2n) is 6.78. The number of anilines is 3. The van der Waals surface area contributed by atoms with E-state index < -0.39 is 10.0 Å². The first kappa shape index (κ1) is 19.6. The Balaban J connectivity index is 1.44. The van der Waals surface area contributed by atoms with Gasteiger partial charge in [-0.1, -0.05) is 6.07 Å². The molecule has 0 aliphatic rings. The van der Waals surface area contributed by atoms with Crippen LogP contribution >= 0.6 is 0 Å². The zero-order chi connectivity index (χ0) is 21.1. The molecule has 2 aromatic carbocycles. The zero-order valence-corrected chi connectivity index (χ0v) is 17.3. The van der Waals surface area contributed by atoms with Crippen molar-refractivity contribution in [1.82, 2.24) is 20.0 Å². The molecular weight excluding hydrogens is 400 g/mol. The Morgan fingerprint density at radius 2 is 1.63 bits per heavy atom. The van der Waals surface area contributed by atoms with Gasteiger partial charge in [-0.15, -0.1) is 10.2 Å². The third-order valence-corrected chi connectivity index (χ3v) is 5.97. The molecule has 0 bridgehead atoms. The summed E-state index contributed by atoms with van der Waals surface area (Å²) >= 11 is 0. The highest BCUT2D eigenvalue weighted by Gasteiger charge is 2.15. The maximum absolute atomic E-state index is 12.6. The molecule has 0 saturated heterocycles. The average Bonchev–Trinajstić information content (AvgIpc) is 3.27.